The fourth-order valence-corrected chi connectivity index (χ4v) is 7.13. The third-order valence-corrected chi connectivity index (χ3v) is 10.2. The maximum absolute atomic E-state index is 14.7. The second-order valence-corrected chi connectivity index (χ2v) is 12.9. The van der Waals surface area contributed by atoms with E-state index in [1.54, 1.807) is 12.1 Å². The Morgan fingerprint density at radius 3 is 2.43 bits per heavy atom. The molecule has 5 rings (SSSR count). The largest absolute Gasteiger partial charge is 0.347 e. The molecule has 0 aromatic heterocycles. The number of amides is 2. The Labute approximate surface area is 220 Å². The number of likely N-dealkylation sites (tertiary alicyclic amines) is 1. The minimum Gasteiger partial charge on any atom is -0.347 e. The van der Waals surface area contributed by atoms with E-state index >= 15 is 0 Å². The van der Waals surface area contributed by atoms with Crippen LogP contribution in [0.5, 0.6) is 0 Å². The van der Waals surface area contributed by atoms with Crippen molar-refractivity contribution in [1.82, 2.24) is 10.2 Å². The van der Waals surface area contributed by atoms with Crippen LogP contribution in [-0.4, -0.2) is 42.5 Å². The molecule has 6 nitrogen and oxygen atoms in total. The molecule has 2 aromatic carbocycles. The van der Waals surface area contributed by atoms with E-state index in [1.807, 2.05) is 6.92 Å². The summed E-state index contributed by atoms with van der Waals surface area (Å²) >= 11 is 5.72. The van der Waals surface area contributed by atoms with Crippen molar-refractivity contribution >= 4 is 33.3 Å². The molecule has 1 N–H and O–H groups in total. The van der Waals surface area contributed by atoms with Crippen LogP contribution in [0.3, 0.4) is 0 Å². The van der Waals surface area contributed by atoms with Gasteiger partial charge in [0.2, 0.25) is 5.91 Å². The van der Waals surface area contributed by atoms with Gasteiger partial charge < -0.3 is 10.2 Å². The van der Waals surface area contributed by atoms with Crippen molar-refractivity contribution < 1.29 is 26.8 Å². The number of halogens is 3. The number of rotatable bonds is 8. The van der Waals surface area contributed by atoms with E-state index in [0.717, 1.165) is 25.0 Å². The molecule has 2 aromatic rings. The van der Waals surface area contributed by atoms with Gasteiger partial charge in [0, 0.05) is 17.2 Å². The molecule has 1 aliphatic heterocycles. The first-order valence-electron chi connectivity index (χ1n) is 12.7. The third kappa shape index (κ3) is 5.12. The Balaban J connectivity index is 1.40. The molecule has 0 spiro atoms. The van der Waals surface area contributed by atoms with Crippen molar-refractivity contribution in [3.05, 3.63) is 64.2 Å². The van der Waals surface area contributed by atoms with Crippen molar-refractivity contribution in [3.8, 4) is 0 Å². The lowest BCUT2D eigenvalue weighted by molar-refractivity contribution is -0.126. The molecule has 2 aliphatic carbocycles. The number of hydrogen-bond acceptors (Lipinski definition) is 4. The highest BCUT2D eigenvalue weighted by Gasteiger charge is 2.43. The maximum atomic E-state index is 14.7. The first kappa shape index (κ1) is 26.1. The van der Waals surface area contributed by atoms with E-state index in [9.17, 15) is 26.8 Å². The first-order valence-corrected chi connectivity index (χ1v) is 14.7. The summed E-state index contributed by atoms with van der Waals surface area (Å²) < 4.78 is 54.3. The van der Waals surface area contributed by atoms with E-state index in [4.69, 9.17) is 11.6 Å². The highest BCUT2D eigenvalue weighted by Crippen LogP contribution is 2.43. The van der Waals surface area contributed by atoms with Gasteiger partial charge in [0.05, 0.1) is 21.2 Å². The molecule has 1 heterocycles. The van der Waals surface area contributed by atoms with Gasteiger partial charge in [-0.2, -0.15) is 0 Å². The predicted octanol–water partition coefficient (Wildman–Crippen LogP) is 5.21. The van der Waals surface area contributed by atoms with Crippen molar-refractivity contribution in [2.75, 3.05) is 0 Å². The van der Waals surface area contributed by atoms with E-state index in [2.05, 4.69) is 5.32 Å². The van der Waals surface area contributed by atoms with Crippen LogP contribution in [0.25, 0.3) is 0 Å². The molecule has 3 aliphatic rings. The summed E-state index contributed by atoms with van der Waals surface area (Å²) in [5.41, 5.74) is 0.253. The Morgan fingerprint density at radius 1 is 1.05 bits per heavy atom. The zero-order chi connectivity index (χ0) is 26.5. The quantitative estimate of drug-likeness (QED) is 0.458. The van der Waals surface area contributed by atoms with Crippen LogP contribution in [0.2, 0.25) is 5.02 Å². The van der Waals surface area contributed by atoms with Crippen molar-refractivity contribution in [3.63, 3.8) is 0 Å². The third-order valence-electron chi connectivity index (χ3n) is 7.65. The van der Waals surface area contributed by atoms with E-state index in [-0.39, 0.29) is 33.0 Å². The molecule has 1 saturated heterocycles. The first-order chi connectivity index (χ1) is 17.6. The zero-order valence-corrected chi connectivity index (χ0v) is 22.0. The molecule has 37 heavy (non-hydrogen) atoms. The molecule has 1 unspecified atom stereocenters. The lowest BCUT2D eigenvalue weighted by Crippen LogP contribution is -2.49. The monoisotopic (exact) mass is 550 g/mol. The topological polar surface area (TPSA) is 83.6 Å². The number of hydrogen-bond donors (Lipinski definition) is 1. The molecule has 10 heteroatoms. The molecular weight excluding hydrogens is 522 g/mol. The van der Waals surface area contributed by atoms with Crippen molar-refractivity contribution in [2.45, 2.75) is 80.1 Å². The van der Waals surface area contributed by atoms with Gasteiger partial charge in [-0.25, -0.2) is 17.2 Å². The SMILES string of the molecule is CC[C@@H]1CC[C@H](C(=O)NC(c2cc(F)c(Cl)cc2F)C2CC2)N1C(=O)c1cccc(S(=O)(=O)C2CC2)c1. The minimum absolute atomic E-state index is 0.0316. The van der Waals surface area contributed by atoms with Gasteiger partial charge in [0.15, 0.2) is 9.84 Å². The average Bonchev–Trinajstić information content (AvgIpc) is 3.81. The normalized spacial score (nSPS) is 22.6. The smallest absolute Gasteiger partial charge is 0.254 e. The summed E-state index contributed by atoms with van der Waals surface area (Å²) in [4.78, 5) is 28.8. The molecule has 2 amide bonds. The molecule has 3 fully saturated rings. The molecule has 2 saturated carbocycles. The average molecular weight is 551 g/mol. The van der Waals surface area contributed by atoms with E-state index in [1.165, 1.54) is 17.0 Å². The maximum Gasteiger partial charge on any atom is 0.254 e. The molecule has 0 radical (unpaired) electrons. The van der Waals surface area contributed by atoms with Crippen LogP contribution in [0, 0.1) is 17.6 Å². The van der Waals surface area contributed by atoms with Gasteiger partial charge >= 0.3 is 0 Å². The summed E-state index contributed by atoms with van der Waals surface area (Å²) in [7, 11) is -3.48. The van der Waals surface area contributed by atoms with Crippen molar-refractivity contribution in [2.24, 2.45) is 5.92 Å². The standard InChI is InChI=1S/C27H29ClF2N2O4S/c1-2-17-8-11-24(26(33)31-25(15-6-7-15)20-13-23(30)21(28)14-22(20)29)32(17)27(34)16-4-3-5-19(12-16)37(35,36)18-9-10-18/h3-5,12-15,17-18,24-25H,2,6-11H2,1H3,(H,31,33)/t17-,24-,25?/m1/s1. The summed E-state index contributed by atoms with van der Waals surface area (Å²) in [6.07, 6.45) is 4.42. The Bertz CT molecular complexity index is 1340. The summed E-state index contributed by atoms with van der Waals surface area (Å²) in [5.74, 6) is -2.33. The van der Waals surface area contributed by atoms with Gasteiger partial charge in [0.1, 0.15) is 17.7 Å². The predicted molar refractivity (Wildman–Crippen MR) is 135 cm³/mol. The lowest BCUT2D eigenvalue weighted by Gasteiger charge is -2.31. The second-order valence-electron chi connectivity index (χ2n) is 10.3. The molecule has 3 atom stereocenters. The van der Waals surface area contributed by atoms with E-state index in [0.29, 0.717) is 32.1 Å². The number of carbonyl (C=O) groups excluding carboxylic acids is 2. The molecule has 198 valence electrons. The number of nitrogens with zero attached hydrogens (tertiary/aromatic N) is 1. The fourth-order valence-electron chi connectivity index (χ4n) is 5.28. The number of benzene rings is 2. The van der Waals surface area contributed by atoms with Crippen molar-refractivity contribution in [1.29, 1.82) is 0 Å². The van der Waals surface area contributed by atoms with Crippen LogP contribution >= 0.6 is 11.6 Å². The highest BCUT2D eigenvalue weighted by molar-refractivity contribution is 7.92. The zero-order valence-electron chi connectivity index (χ0n) is 20.4. The highest BCUT2D eigenvalue weighted by atomic mass is 35.5. The summed E-state index contributed by atoms with van der Waals surface area (Å²) in [6.45, 7) is 1.93. The van der Waals surface area contributed by atoms with Crippen LogP contribution in [0.1, 0.15) is 73.8 Å². The Morgan fingerprint density at radius 2 is 1.78 bits per heavy atom. The van der Waals surface area contributed by atoms with Gasteiger partial charge in [-0.15, -0.1) is 0 Å². The van der Waals surface area contributed by atoms with Gasteiger partial charge in [0.25, 0.3) is 5.91 Å². The minimum atomic E-state index is -3.48. The number of carbonyl (C=O) groups is 2. The molecular formula is C27H29ClF2N2O4S. The van der Waals surface area contributed by atoms with Gasteiger partial charge in [-0.1, -0.05) is 24.6 Å². The lowest BCUT2D eigenvalue weighted by atomic mass is 10.0. The van der Waals surface area contributed by atoms with Crippen LogP contribution in [-0.2, 0) is 14.6 Å². The van der Waals surface area contributed by atoms with Crippen LogP contribution in [0.15, 0.2) is 41.3 Å². The van der Waals surface area contributed by atoms with Crippen LogP contribution < -0.4 is 5.32 Å². The molecule has 0 bridgehead atoms. The number of sulfone groups is 1. The second kappa shape index (κ2) is 9.98. The summed E-state index contributed by atoms with van der Waals surface area (Å²) in [5, 5.41) is 2.16. The van der Waals surface area contributed by atoms with Gasteiger partial charge in [-0.05, 0) is 81.2 Å². The Hall–Kier alpha value is -2.52. The Kier molecular flexibility index (Phi) is 7.04. The van der Waals surface area contributed by atoms with Crippen LogP contribution in [0.4, 0.5) is 8.78 Å². The summed E-state index contributed by atoms with van der Waals surface area (Å²) in [6, 6.07) is 6.21. The number of nitrogens with one attached hydrogen (secondary N) is 1. The fraction of sp³-hybridized carbons (Fsp3) is 0.481. The van der Waals surface area contributed by atoms with Gasteiger partial charge in [-0.3, -0.25) is 9.59 Å². The van der Waals surface area contributed by atoms with E-state index < -0.39 is 50.6 Å².